The van der Waals surface area contributed by atoms with E-state index in [0.717, 1.165) is 22.2 Å². The normalized spacial score (nSPS) is 16.6. The van der Waals surface area contributed by atoms with E-state index in [4.69, 9.17) is 16.3 Å². The molecule has 0 atom stereocenters. The van der Waals surface area contributed by atoms with Crippen molar-refractivity contribution in [1.29, 1.82) is 0 Å². The van der Waals surface area contributed by atoms with Crippen LogP contribution in [-0.2, 0) is 16.9 Å². The third-order valence-corrected chi connectivity index (χ3v) is 7.15. The number of halogens is 1. The Bertz CT molecular complexity index is 1420. The van der Waals surface area contributed by atoms with Gasteiger partial charge < -0.3 is 14.2 Å². The summed E-state index contributed by atoms with van der Waals surface area (Å²) in [6.07, 6.45) is 4.82. The van der Waals surface area contributed by atoms with Crippen LogP contribution in [0.5, 0.6) is 0 Å². The van der Waals surface area contributed by atoms with Crippen LogP contribution in [0.2, 0.25) is 5.02 Å². The number of likely N-dealkylation sites (tertiary alicyclic amines) is 1. The molecule has 1 fully saturated rings. The highest BCUT2D eigenvalue weighted by Crippen LogP contribution is 2.44. The molecule has 0 unspecified atom stereocenters. The van der Waals surface area contributed by atoms with E-state index in [2.05, 4.69) is 4.98 Å². The highest BCUT2D eigenvalue weighted by atomic mass is 35.5. The number of carbonyl (C=O) groups is 2. The van der Waals surface area contributed by atoms with Crippen molar-refractivity contribution < 1.29 is 14.3 Å². The lowest BCUT2D eigenvalue weighted by molar-refractivity contribution is -0.0389. The minimum Gasteiger partial charge on any atom is -0.450 e. The molecule has 0 N–H and O–H groups in total. The van der Waals surface area contributed by atoms with Gasteiger partial charge >= 0.3 is 5.97 Å². The fourth-order valence-corrected chi connectivity index (χ4v) is 5.36. The minimum absolute atomic E-state index is 0.0282. The van der Waals surface area contributed by atoms with Gasteiger partial charge in [-0.25, -0.2) is 4.79 Å². The van der Waals surface area contributed by atoms with Gasteiger partial charge in [0.25, 0.3) is 5.91 Å². The number of fused-ring (bicyclic) bond motifs is 3. The number of pyridine rings is 1. The number of ether oxygens (including phenoxy) is 1. The summed E-state index contributed by atoms with van der Waals surface area (Å²) >= 11 is 6.29. The fraction of sp³-hybridized carbons (Fsp3) is 0.222. The summed E-state index contributed by atoms with van der Waals surface area (Å²) < 4.78 is 7.87. The summed E-state index contributed by atoms with van der Waals surface area (Å²) in [6.45, 7) is 1.57. The van der Waals surface area contributed by atoms with Crippen LogP contribution in [0.25, 0.3) is 10.9 Å². The van der Waals surface area contributed by atoms with Gasteiger partial charge in [0.1, 0.15) is 5.60 Å². The number of hydrogen-bond acceptors (Lipinski definition) is 4. The topological polar surface area (TPSA) is 64.4 Å². The molecule has 6 rings (SSSR count). The Morgan fingerprint density at radius 3 is 2.65 bits per heavy atom. The molecule has 2 aliphatic heterocycles. The second-order valence-electron chi connectivity index (χ2n) is 8.87. The molecule has 0 aliphatic carbocycles. The van der Waals surface area contributed by atoms with Gasteiger partial charge in [0.05, 0.1) is 28.9 Å². The summed E-state index contributed by atoms with van der Waals surface area (Å²) in [6, 6.07) is 19.0. The van der Waals surface area contributed by atoms with Crippen LogP contribution in [0.4, 0.5) is 0 Å². The number of rotatable bonds is 3. The summed E-state index contributed by atoms with van der Waals surface area (Å²) in [4.78, 5) is 32.3. The fourth-order valence-electron chi connectivity index (χ4n) is 5.19. The Hall–Kier alpha value is -3.64. The number of esters is 1. The molecule has 1 spiro atoms. The number of piperidine rings is 1. The third kappa shape index (κ3) is 3.37. The van der Waals surface area contributed by atoms with E-state index in [1.807, 2.05) is 76.3 Å². The van der Waals surface area contributed by atoms with Crippen molar-refractivity contribution in [2.75, 3.05) is 13.1 Å². The number of amides is 1. The lowest BCUT2D eigenvalue weighted by Gasteiger charge is -2.38. The Morgan fingerprint density at radius 1 is 1.06 bits per heavy atom. The van der Waals surface area contributed by atoms with E-state index in [-0.39, 0.29) is 11.9 Å². The van der Waals surface area contributed by atoms with E-state index in [0.29, 0.717) is 48.6 Å². The average molecular weight is 472 g/mol. The van der Waals surface area contributed by atoms with E-state index in [1.165, 1.54) is 0 Å². The zero-order chi connectivity index (χ0) is 23.3. The highest BCUT2D eigenvalue weighted by molar-refractivity contribution is 6.31. The van der Waals surface area contributed by atoms with Crippen molar-refractivity contribution in [2.24, 2.45) is 0 Å². The Morgan fingerprint density at radius 2 is 1.85 bits per heavy atom. The molecule has 34 heavy (non-hydrogen) atoms. The van der Waals surface area contributed by atoms with Crippen molar-refractivity contribution in [3.05, 3.63) is 100 Å². The van der Waals surface area contributed by atoms with Gasteiger partial charge in [-0.3, -0.25) is 9.78 Å². The van der Waals surface area contributed by atoms with Gasteiger partial charge in [-0.15, -0.1) is 0 Å². The van der Waals surface area contributed by atoms with Gasteiger partial charge in [-0.05, 0) is 30.3 Å². The SMILES string of the molecule is O=C1OC2(CCN(C(=O)c3cn(Cc4ccccn4)c4cc(Cl)ccc34)CC2)c2ccccc21. The van der Waals surface area contributed by atoms with Crippen molar-refractivity contribution in [3.63, 3.8) is 0 Å². The summed E-state index contributed by atoms with van der Waals surface area (Å²) in [7, 11) is 0. The lowest BCUT2D eigenvalue weighted by Crippen LogP contribution is -2.45. The maximum absolute atomic E-state index is 13.6. The van der Waals surface area contributed by atoms with Crippen molar-refractivity contribution in [1.82, 2.24) is 14.5 Å². The third-order valence-electron chi connectivity index (χ3n) is 6.92. The van der Waals surface area contributed by atoms with Crippen molar-refractivity contribution in [2.45, 2.75) is 25.0 Å². The lowest BCUT2D eigenvalue weighted by atomic mass is 9.83. The van der Waals surface area contributed by atoms with Crippen LogP contribution >= 0.6 is 11.6 Å². The predicted octanol–water partition coefficient (Wildman–Crippen LogP) is 5.04. The molecule has 2 aromatic heterocycles. The van der Waals surface area contributed by atoms with E-state index >= 15 is 0 Å². The molecule has 7 heteroatoms. The summed E-state index contributed by atoms with van der Waals surface area (Å²) in [5.74, 6) is -0.301. The first-order valence-corrected chi connectivity index (χ1v) is 11.7. The number of carbonyl (C=O) groups excluding carboxylic acids is 2. The van der Waals surface area contributed by atoms with Gasteiger partial charge in [-0.2, -0.15) is 0 Å². The van der Waals surface area contributed by atoms with Crippen LogP contribution in [0.15, 0.2) is 73.1 Å². The predicted molar refractivity (Wildman–Crippen MR) is 129 cm³/mol. The van der Waals surface area contributed by atoms with Crippen LogP contribution < -0.4 is 0 Å². The van der Waals surface area contributed by atoms with Crippen LogP contribution in [0.3, 0.4) is 0 Å². The van der Waals surface area contributed by atoms with Gasteiger partial charge in [0.2, 0.25) is 0 Å². The molecule has 2 aliphatic rings. The van der Waals surface area contributed by atoms with Crippen LogP contribution in [-0.4, -0.2) is 39.4 Å². The van der Waals surface area contributed by atoms with Crippen LogP contribution in [0, 0.1) is 0 Å². The standard InChI is InChI=1S/C27H22ClN3O3/c28-18-8-9-20-22(17-31(24(20)15-18)16-19-5-3-4-12-29-19)25(32)30-13-10-27(11-14-30)23-7-2-1-6-21(23)26(33)34-27/h1-9,12,15,17H,10-11,13-14,16H2. The van der Waals surface area contributed by atoms with E-state index in [9.17, 15) is 9.59 Å². The first-order valence-electron chi connectivity index (χ1n) is 11.3. The molecule has 170 valence electrons. The second kappa shape index (κ2) is 7.99. The smallest absolute Gasteiger partial charge is 0.339 e. The molecule has 0 saturated carbocycles. The number of benzene rings is 2. The van der Waals surface area contributed by atoms with Gasteiger partial charge in [0, 0.05) is 54.3 Å². The molecular weight excluding hydrogens is 450 g/mol. The number of nitrogens with zero attached hydrogens (tertiary/aromatic N) is 3. The maximum atomic E-state index is 13.6. The first kappa shape index (κ1) is 20.9. The molecule has 4 aromatic rings. The van der Waals surface area contributed by atoms with Crippen molar-refractivity contribution >= 4 is 34.4 Å². The number of hydrogen-bond donors (Lipinski definition) is 0. The second-order valence-corrected chi connectivity index (χ2v) is 9.31. The van der Waals surface area contributed by atoms with Gasteiger partial charge in [0.15, 0.2) is 0 Å². The highest BCUT2D eigenvalue weighted by Gasteiger charge is 2.47. The van der Waals surface area contributed by atoms with Crippen molar-refractivity contribution in [3.8, 4) is 0 Å². The van der Waals surface area contributed by atoms with Gasteiger partial charge in [-0.1, -0.05) is 41.9 Å². The molecule has 6 nitrogen and oxygen atoms in total. The molecule has 0 radical (unpaired) electrons. The molecule has 4 heterocycles. The molecular formula is C27H22ClN3O3. The Kier molecular flexibility index (Phi) is 4.92. The minimum atomic E-state index is -0.634. The zero-order valence-corrected chi connectivity index (χ0v) is 19.2. The molecule has 1 amide bonds. The quantitative estimate of drug-likeness (QED) is 0.393. The average Bonchev–Trinajstić information content (AvgIpc) is 3.35. The Labute approximate surface area is 201 Å². The Balaban J connectivity index is 1.29. The van der Waals surface area contributed by atoms with E-state index < -0.39 is 5.60 Å². The monoisotopic (exact) mass is 471 g/mol. The van der Waals surface area contributed by atoms with Crippen LogP contribution in [0.1, 0.15) is 44.8 Å². The summed E-state index contributed by atoms with van der Waals surface area (Å²) in [5, 5.41) is 1.48. The molecule has 2 aromatic carbocycles. The summed E-state index contributed by atoms with van der Waals surface area (Å²) in [5.41, 5.74) is 3.38. The van der Waals surface area contributed by atoms with E-state index in [1.54, 1.807) is 6.20 Å². The molecule has 0 bridgehead atoms. The zero-order valence-electron chi connectivity index (χ0n) is 18.4. The number of aromatic nitrogens is 2. The maximum Gasteiger partial charge on any atom is 0.339 e. The molecule has 1 saturated heterocycles. The largest absolute Gasteiger partial charge is 0.450 e. The first-order chi connectivity index (χ1) is 16.5.